The molecule has 3 nitrogen and oxygen atoms in total. The van der Waals surface area contributed by atoms with Crippen LogP contribution in [0.1, 0.15) is 45.1 Å². The number of fused-ring (bicyclic) bond motifs is 1. The van der Waals surface area contributed by atoms with Crippen molar-refractivity contribution in [3.05, 3.63) is 49.6 Å². The monoisotopic (exact) mass is 379 g/mol. The first-order valence-electron chi connectivity index (χ1n) is 7.34. The zero-order valence-electron chi connectivity index (χ0n) is 12.6. The van der Waals surface area contributed by atoms with Crippen molar-refractivity contribution < 1.29 is 9.53 Å². The van der Waals surface area contributed by atoms with Gasteiger partial charge in [-0.3, -0.25) is 4.79 Å². The van der Waals surface area contributed by atoms with Crippen LogP contribution in [0.4, 0.5) is 0 Å². The summed E-state index contributed by atoms with van der Waals surface area (Å²) in [6.45, 7) is 1.99. The molecule has 0 unspecified atom stereocenters. The first-order valence-corrected chi connectivity index (χ1v) is 8.95. The molecule has 1 aromatic carbocycles. The van der Waals surface area contributed by atoms with Gasteiger partial charge in [0.2, 0.25) is 0 Å². The molecule has 1 amide bonds. The predicted molar refractivity (Wildman–Crippen MR) is 92.9 cm³/mol. The second-order valence-corrected chi connectivity index (χ2v) is 7.49. The van der Waals surface area contributed by atoms with Gasteiger partial charge in [0, 0.05) is 4.88 Å². The number of carbonyl (C=O) groups is 1. The summed E-state index contributed by atoms with van der Waals surface area (Å²) in [5, 5.41) is 3.08. The lowest BCUT2D eigenvalue weighted by Gasteiger charge is -2.15. The van der Waals surface area contributed by atoms with E-state index < -0.39 is 0 Å². The molecule has 0 saturated carbocycles. The molecule has 1 aliphatic carbocycles. The van der Waals surface area contributed by atoms with Crippen molar-refractivity contribution in [2.24, 2.45) is 0 Å². The third-order valence-corrected chi connectivity index (χ3v) is 5.85. The van der Waals surface area contributed by atoms with Gasteiger partial charge in [-0.25, -0.2) is 0 Å². The van der Waals surface area contributed by atoms with Crippen LogP contribution in [0.15, 0.2) is 28.7 Å². The number of hydrogen-bond donors (Lipinski definition) is 1. The number of nitrogens with one attached hydrogen (secondary N) is 1. The molecular weight excluding hydrogens is 362 g/mol. The molecule has 22 heavy (non-hydrogen) atoms. The zero-order chi connectivity index (χ0) is 15.7. The maximum absolute atomic E-state index is 12.4. The molecule has 0 bridgehead atoms. The van der Waals surface area contributed by atoms with Crippen molar-refractivity contribution in [3.63, 3.8) is 0 Å². The quantitative estimate of drug-likeness (QED) is 0.848. The number of benzene rings is 1. The van der Waals surface area contributed by atoms with Gasteiger partial charge in [-0.15, -0.1) is 11.3 Å². The number of hydrogen-bond acceptors (Lipinski definition) is 3. The van der Waals surface area contributed by atoms with Crippen molar-refractivity contribution in [1.82, 2.24) is 5.32 Å². The minimum Gasteiger partial charge on any atom is -0.496 e. The minimum atomic E-state index is -0.0494. The highest BCUT2D eigenvalue weighted by Crippen LogP contribution is 2.31. The van der Waals surface area contributed by atoms with Gasteiger partial charge in [0.1, 0.15) is 5.75 Å². The van der Waals surface area contributed by atoms with Crippen LogP contribution in [-0.2, 0) is 12.8 Å². The molecule has 0 radical (unpaired) electrons. The van der Waals surface area contributed by atoms with Crippen molar-refractivity contribution in [1.29, 1.82) is 0 Å². The molecular formula is C17H18BrNO2S. The summed E-state index contributed by atoms with van der Waals surface area (Å²) in [6.07, 6.45) is 3.45. The molecule has 1 heterocycles. The van der Waals surface area contributed by atoms with Crippen molar-refractivity contribution in [2.75, 3.05) is 7.11 Å². The van der Waals surface area contributed by atoms with E-state index in [4.69, 9.17) is 4.74 Å². The van der Waals surface area contributed by atoms with Gasteiger partial charge in [-0.1, -0.05) is 6.07 Å². The number of amides is 1. The van der Waals surface area contributed by atoms with Crippen molar-refractivity contribution >= 4 is 33.2 Å². The zero-order valence-corrected chi connectivity index (χ0v) is 15.0. The average molecular weight is 380 g/mol. The number of rotatable bonds is 4. The maximum Gasteiger partial charge on any atom is 0.261 e. The normalized spacial score (nSPS) is 14.5. The van der Waals surface area contributed by atoms with E-state index in [0.29, 0.717) is 0 Å². The highest BCUT2D eigenvalue weighted by atomic mass is 79.9. The summed E-state index contributed by atoms with van der Waals surface area (Å²) in [7, 11) is 1.64. The van der Waals surface area contributed by atoms with Gasteiger partial charge in [0.25, 0.3) is 5.91 Å². The first-order chi connectivity index (χ1) is 10.6. The Balaban J connectivity index is 1.71. The van der Waals surface area contributed by atoms with E-state index in [-0.39, 0.29) is 11.9 Å². The van der Waals surface area contributed by atoms with E-state index in [1.165, 1.54) is 16.9 Å². The Bertz CT molecular complexity index is 689. The van der Waals surface area contributed by atoms with E-state index in [1.807, 2.05) is 25.1 Å². The van der Waals surface area contributed by atoms with Crippen LogP contribution in [0.5, 0.6) is 5.75 Å². The number of thiophene rings is 1. The van der Waals surface area contributed by atoms with Gasteiger partial charge in [-0.05, 0) is 71.4 Å². The average Bonchev–Trinajstić information content (AvgIpc) is 3.08. The lowest BCUT2D eigenvalue weighted by molar-refractivity contribution is 0.0944. The summed E-state index contributed by atoms with van der Waals surface area (Å²) in [6, 6.07) is 7.87. The van der Waals surface area contributed by atoms with Gasteiger partial charge >= 0.3 is 0 Å². The molecule has 0 saturated heterocycles. The van der Waals surface area contributed by atoms with E-state index in [2.05, 4.69) is 27.3 Å². The highest BCUT2D eigenvalue weighted by molar-refractivity contribution is 9.10. The first kappa shape index (κ1) is 15.6. The van der Waals surface area contributed by atoms with Crippen LogP contribution in [-0.4, -0.2) is 13.0 Å². The van der Waals surface area contributed by atoms with Gasteiger partial charge in [0.05, 0.1) is 22.5 Å². The number of aryl methyl sites for hydroxylation is 2. The van der Waals surface area contributed by atoms with Crippen molar-refractivity contribution in [2.45, 2.75) is 32.2 Å². The summed E-state index contributed by atoms with van der Waals surface area (Å²) >= 11 is 5.12. The molecule has 1 aliphatic rings. The van der Waals surface area contributed by atoms with E-state index in [0.717, 1.165) is 33.5 Å². The minimum absolute atomic E-state index is 0.0128. The second-order valence-electron chi connectivity index (χ2n) is 5.50. The number of carbonyl (C=O) groups excluding carboxylic acids is 1. The largest absolute Gasteiger partial charge is 0.496 e. The van der Waals surface area contributed by atoms with Gasteiger partial charge in [0.15, 0.2) is 0 Å². The molecule has 1 N–H and O–H groups in total. The predicted octanol–water partition coefficient (Wildman–Crippen LogP) is 4.50. The van der Waals surface area contributed by atoms with Crippen LogP contribution >= 0.6 is 27.3 Å². The Morgan fingerprint density at radius 3 is 2.86 bits per heavy atom. The number of methoxy groups -OCH3 is 1. The fourth-order valence-electron chi connectivity index (χ4n) is 2.74. The van der Waals surface area contributed by atoms with Crippen LogP contribution < -0.4 is 10.1 Å². The fourth-order valence-corrected chi connectivity index (χ4v) is 4.46. The Hall–Kier alpha value is -1.33. The Kier molecular flexibility index (Phi) is 4.54. The van der Waals surface area contributed by atoms with E-state index >= 15 is 0 Å². The highest BCUT2D eigenvalue weighted by Gasteiger charge is 2.20. The molecule has 0 spiro atoms. The Morgan fingerprint density at radius 1 is 1.36 bits per heavy atom. The lowest BCUT2D eigenvalue weighted by Crippen LogP contribution is -2.25. The molecule has 116 valence electrons. The molecule has 3 rings (SSSR count). The summed E-state index contributed by atoms with van der Waals surface area (Å²) < 4.78 is 6.12. The van der Waals surface area contributed by atoms with E-state index in [9.17, 15) is 4.79 Å². The maximum atomic E-state index is 12.4. The summed E-state index contributed by atoms with van der Waals surface area (Å²) in [5.74, 6) is 0.802. The van der Waals surface area contributed by atoms with E-state index in [1.54, 1.807) is 18.4 Å². The molecule has 1 atom stereocenters. The molecule has 5 heteroatoms. The summed E-state index contributed by atoms with van der Waals surface area (Å²) in [4.78, 5) is 14.6. The fraction of sp³-hybridized carbons (Fsp3) is 0.353. The van der Waals surface area contributed by atoms with Crippen LogP contribution in [0.3, 0.4) is 0 Å². The Morgan fingerprint density at radius 2 is 2.18 bits per heavy atom. The Labute approximate surface area is 142 Å². The second kappa shape index (κ2) is 6.42. The van der Waals surface area contributed by atoms with Crippen LogP contribution in [0.2, 0.25) is 0 Å². The number of halogens is 1. The van der Waals surface area contributed by atoms with Gasteiger partial charge in [-0.2, -0.15) is 0 Å². The standard InChI is InChI=1S/C17H18BrNO2S/c1-10(11-6-7-14(21-2)13(18)8-11)19-17(20)16-9-12-4-3-5-15(12)22-16/h6-10H,3-5H2,1-2H3,(H,19,20)/t10-/m0/s1. The molecule has 2 aromatic rings. The molecule has 0 aliphatic heterocycles. The van der Waals surface area contributed by atoms with Crippen molar-refractivity contribution in [3.8, 4) is 5.75 Å². The van der Waals surface area contributed by atoms with Gasteiger partial charge < -0.3 is 10.1 Å². The molecule has 0 fully saturated rings. The number of ether oxygens (including phenoxy) is 1. The van der Waals surface area contributed by atoms with Crippen LogP contribution in [0, 0.1) is 0 Å². The third kappa shape index (κ3) is 3.06. The summed E-state index contributed by atoms with van der Waals surface area (Å²) in [5.41, 5.74) is 2.40. The topological polar surface area (TPSA) is 38.3 Å². The molecule has 1 aromatic heterocycles. The smallest absolute Gasteiger partial charge is 0.261 e. The SMILES string of the molecule is COc1ccc([C@H](C)NC(=O)c2cc3c(s2)CCC3)cc1Br. The van der Waals surface area contributed by atoms with Crippen LogP contribution in [0.25, 0.3) is 0 Å². The third-order valence-electron chi connectivity index (χ3n) is 3.99. The lowest BCUT2D eigenvalue weighted by atomic mass is 10.1.